The molecule has 1 rings (SSSR count). The number of aryl methyl sites for hydroxylation is 1. The Bertz CT molecular complexity index is 314. The van der Waals surface area contributed by atoms with E-state index in [1.165, 1.54) is 4.88 Å². The summed E-state index contributed by atoms with van der Waals surface area (Å²) in [6, 6.07) is 0.0938. The van der Waals surface area contributed by atoms with E-state index in [1.807, 2.05) is 6.92 Å². The second-order valence-electron chi connectivity index (χ2n) is 4.22. The molecule has 16 heavy (non-hydrogen) atoms. The predicted molar refractivity (Wildman–Crippen MR) is 72.2 cm³/mol. The van der Waals surface area contributed by atoms with Gasteiger partial charge < -0.3 is 10.6 Å². The molecule has 1 heterocycles. The van der Waals surface area contributed by atoms with Gasteiger partial charge in [-0.1, -0.05) is 13.8 Å². The maximum atomic E-state index is 5.93. The van der Waals surface area contributed by atoms with Crippen LogP contribution in [0.25, 0.3) is 0 Å². The van der Waals surface area contributed by atoms with Gasteiger partial charge in [-0.15, -0.1) is 11.3 Å². The van der Waals surface area contributed by atoms with Gasteiger partial charge in [-0.3, -0.25) is 0 Å². The first-order valence-electron chi connectivity index (χ1n) is 6.08. The van der Waals surface area contributed by atoms with E-state index < -0.39 is 0 Å². The summed E-state index contributed by atoms with van der Waals surface area (Å²) in [6.45, 7) is 10.6. The summed E-state index contributed by atoms with van der Waals surface area (Å²) in [4.78, 5) is 8.21. The number of nitrogens with zero attached hydrogens (tertiary/aromatic N) is 2. The van der Waals surface area contributed by atoms with Crippen LogP contribution in [0.4, 0.5) is 5.13 Å². The molecule has 1 aromatic heterocycles. The quantitative estimate of drug-likeness (QED) is 0.832. The fourth-order valence-corrected chi connectivity index (χ4v) is 2.86. The summed E-state index contributed by atoms with van der Waals surface area (Å²) < 4.78 is 0. The SMILES string of the molecule is CCCN(CCC)c1nc(C)c(C(C)N)s1. The molecular formula is C12H23N3S. The molecule has 2 N–H and O–H groups in total. The molecule has 0 bridgehead atoms. The van der Waals surface area contributed by atoms with Gasteiger partial charge >= 0.3 is 0 Å². The Balaban J connectivity index is 2.87. The lowest BCUT2D eigenvalue weighted by molar-refractivity contribution is 0.741. The highest BCUT2D eigenvalue weighted by Gasteiger charge is 2.15. The van der Waals surface area contributed by atoms with E-state index in [1.54, 1.807) is 11.3 Å². The van der Waals surface area contributed by atoms with Gasteiger partial charge in [-0.2, -0.15) is 0 Å². The lowest BCUT2D eigenvalue weighted by atomic mass is 10.2. The standard InChI is InChI=1S/C12H23N3S/c1-5-7-15(8-6-2)12-14-10(4)11(16-12)9(3)13/h9H,5-8,13H2,1-4H3. The molecule has 0 saturated heterocycles. The number of nitrogens with two attached hydrogens (primary N) is 1. The van der Waals surface area contributed by atoms with Crippen molar-refractivity contribution in [3.63, 3.8) is 0 Å². The van der Waals surface area contributed by atoms with Gasteiger partial charge in [-0.25, -0.2) is 4.98 Å². The topological polar surface area (TPSA) is 42.2 Å². The van der Waals surface area contributed by atoms with Crippen molar-refractivity contribution in [3.8, 4) is 0 Å². The van der Waals surface area contributed by atoms with Gasteiger partial charge in [0.05, 0.1) is 5.69 Å². The molecule has 0 aliphatic carbocycles. The van der Waals surface area contributed by atoms with E-state index >= 15 is 0 Å². The average molecular weight is 241 g/mol. The van der Waals surface area contributed by atoms with Crippen molar-refractivity contribution in [2.24, 2.45) is 5.73 Å². The average Bonchev–Trinajstić information content (AvgIpc) is 2.60. The molecule has 1 aromatic rings. The van der Waals surface area contributed by atoms with Crippen LogP contribution < -0.4 is 10.6 Å². The molecule has 0 saturated carbocycles. The van der Waals surface area contributed by atoms with E-state index in [4.69, 9.17) is 5.73 Å². The van der Waals surface area contributed by atoms with Crippen molar-refractivity contribution in [2.45, 2.75) is 46.6 Å². The maximum Gasteiger partial charge on any atom is 0.185 e. The largest absolute Gasteiger partial charge is 0.348 e. The first-order valence-corrected chi connectivity index (χ1v) is 6.89. The van der Waals surface area contributed by atoms with E-state index in [0.29, 0.717) is 0 Å². The Morgan fingerprint density at radius 1 is 1.31 bits per heavy atom. The minimum absolute atomic E-state index is 0.0938. The number of rotatable bonds is 6. The molecule has 3 nitrogen and oxygen atoms in total. The van der Waals surface area contributed by atoms with Gasteiger partial charge in [-0.05, 0) is 26.7 Å². The van der Waals surface area contributed by atoms with Crippen LogP contribution in [0.2, 0.25) is 0 Å². The Kier molecular flexibility index (Phi) is 5.22. The second-order valence-corrected chi connectivity index (χ2v) is 5.23. The lowest BCUT2D eigenvalue weighted by Gasteiger charge is -2.20. The van der Waals surface area contributed by atoms with Crippen LogP contribution in [-0.2, 0) is 0 Å². The van der Waals surface area contributed by atoms with Gasteiger partial charge in [0.2, 0.25) is 0 Å². The van der Waals surface area contributed by atoms with Crippen LogP contribution in [0.15, 0.2) is 0 Å². The van der Waals surface area contributed by atoms with Crippen LogP contribution in [-0.4, -0.2) is 18.1 Å². The number of hydrogen-bond acceptors (Lipinski definition) is 4. The highest BCUT2D eigenvalue weighted by molar-refractivity contribution is 7.15. The maximum absolute atomic E-state index is 5.93. The third-order valence-corrected chi connectivity index (χ3v) is 3.91. The van der Waals surface area contributed by atoms with Crippen molar-refractivity contribution >= 4 is 16.5 Å². The molecule has 0 fully saturated rings. The van der Waals surface area contributed by atoms with E-state index in [9.17, 15) is 0 Å². The minimum atomic E-state index is 0.0938. The first-order chi connectivity index (χ1) is 7.60. The molecule has 0 radical (unpaired) electrons. The normalized spacial score (nSPS) is 12.8. The molecule has 0 aromatic carbocycles. The van der Waals surface area contributed by atoms with Crippen molar-refractivity contribution in [2.75, 3.05) is 18.0 Å². The zero-order valence-corrected chi connectivity index (χ0v) is 11.6. The van der Waals surface area contributed by atoms with Gasteiger partial charge in [0.1, 0.15) is 0 Å². The fourth-order valence-electron chi connectivity index (χ4n) is 1.79. The lowest BCUT2D eigenvalue weighted by Crippen LogP contribution is -2.24. The smallest absolute Gasteiger partial charge is 0.185 e. The Labute approximate surface area is 103 Å². The third-order valence-electron chi connectivity index (χ3n) is 2.49. The molecule has 0 spiro atoms. The van der Waals surface area contributed by atoms with Crippen LogP contribution in [0.1, 0.15) is 50.2 Å². The van der Waals surface area contributed by atoms with Crippen LogP contribution >= 0.6 is 11.3 Å². The highest BCUT2D eigenvalue weighted by Crippen LogP contribution is 2.29. The van der Waals surface area contributed by atoms with Crippen molar-refractivity contribution in [3.05, 3.63) is 10.6 Å². The van der Waals surface area contributed by atoms with Crippen molar-refractivity contribution in [1.29, 1.82) is 0 Å². The molecule has 0 aliphatic heterocycles. The second kappa shape index (κ2) is 6.21. The van der Waals surface area contributed by atoms with Crippen LogP contribution in [0, 0.1) is 6.92 Å². The Morgan fingerprint density at radius 3 is 2.25 bits per heavy atom. The molecule has 0 aliphatic rings. The minimum Gasteiger partial charge on any atom is -0.348 e. The third kappa shape index (κ3) is 3.19. The van der Waals surface area contributed by atoms with Crippen LogP contribution in [0.3, 0.4) is 0 Å². The molecule has 92 valence electrons. The van der Waals surface area contributed by atoms with Gasteiger partial charge in [0.15, 0.2) is 5.13 Å². The summed E-state index contributed by atoms with van der Waals surface area (Å²) in [5, 5.41) is 1.13. The van der Waals surface area contributed by atoms with E-state index in [2.05, 4.69) is 30.7 Å². The predicted octanol–water partition coefficient (Wildman–Crippen LogP) is 3.10. The molecule has 0 amide bonds. The summed E-state index contributed by atoms with van der Waals surface area (Å²) in [7, 11) is 0. The van der Waals surface area contributed by atoms with Gasteiger partial charge in [0.25, 0.3) is 0 Å². The summed E-state index contributed by atoms with van der Waals surface area (Å²) in [5.41, 5.74) is 7.02. The van der Waals surface area contributed by atoms with Gasteiger partial charge in [0, 0.05) is 24.0 Å². The van der Waals surface area contributed by atoms with Crippen LogP contribution in [0.5, 0.6) is 0 Å². The zero-order chi connectivity index (χ0) is 12.1. The van der Waals surface area contributed by atoms with Crippen molar-refractivity contribution < 1.29 is 0 Å². The van der Waals surface area contributed by atoms with E-state index in [0.717, 1.165) is 36.8 Å². The monoisotopic (exact) mass is 241 g/mol. The zero-order valence-electron chi connectivity index (χ0n) is 10.8. The summed E-state index contributed by atoms with van der Waals surface area (Å²) >= 11 is 1.75. The van der Waals surface area contributed by atoms with Crippen molar-refractivity contribution in [1.82, 2.24) is 4.98 Å². The molecular weight excluding hydrogens is 218 g/mol. The fraction of sp³-hybridized carbons (Fsp3) is 0.750. The Hall–Kier alpha value is -0.610. The molecule has 1 atom stereocenters. The number of aromatic nitrogens is 1. The number of thiazole rings is 1. The number of hydrogen-bond donors (Lipinski definition) is 1. The number of anilines is 1. The molecule has 1 unspecified atom stereocenters. The Morgan fingerprint density at radius 2 is 1.88 bits per heavy atom. The highest BCUT2D eigenvalue weighted by atomic mass is 32.1. The summed E-state index contributed by atoms with van der Waals surface area (Å²) in [6.07, 6.45) is 2.32. The van der Waals surface area contributed by atoms with E-state index in [-0.39, 0.29) is 6.04 Å². The first kappa shape index (κ1) is 13.5. The summed E-state index contributed by atoms with van der Waals surface area (Å²) in [5.74, 6) is 0. The molecule has 4 heteroatoms.